The van der Waals surface area contributed by atoms with Crippen LogP contribution in [0, 0.1) is 6.92 Å². The number of methoxy groups -OCH3 is 1. The van der Waals surface area contributed by atoms with Crippen LogP contribution in [0.4, 0.5) is 5.69 Å². The van der Waals surface area contributed by atoms with Crippen molar-refractivity contribution in [2.45, 2.75) is 69.5 Å². The predicted molar refractivity (Wildman–Crippen MR) is 168 cm³/mol. The lowest BCUT2D eigenvalue weighted by atomic mass is 9.95. The molecule has 1 saturated carbocycles. The zero-order valence-electron chi connectivity index (χ0n) is 24.3. The van der Waals surface area contributed by atoms with Crippen molar-refractivity contribution in [1.82, 2.24) is 10.2 Å². The first-order valence-corrected chi connectivity index (χ1v) is 16.4. The molecule has 0 bridgehead atoms. The molecule has 4 rings (SSSR count). The molecule has 1 unspecified atom stereocenters. The summed E-state index contributed by atoms with van der Waals surface area (Å²) in [7, 11) is -2.65. The number of carbonyl (C=O) groups excluding carboxylic acids is 2. The first-order valence-electron chi connectivity index (χ1n) is 14.2. The minimum atomic E-state index is -4.15. The molecule has 0 aromatic heterocycles. The number of hydrogen-bond donors (Lipinski definition) is 1. The molecule has 0 saturated heterocycles. The lowest BCUT2D eigenvalue weighted by Crippen LogP contribution is -2.53. The quantitative estimate of drug-likeness (QED) is 0.281. The van der Waals surface area contributed by atoms with E-state index in [1.807, 2.05) is 31.2 Å². The second-order valence-electron chi connectivity index (χ2n) is 10.7. The van der Waals surface area contributed by atoms with E-state index < -0.39 is 28.5 Å². The van der Waals surface area contributed by atoms with Crippen LogP contribution < -0.4 is 14.4 Å². The van der Waals surface area contributed by atoms with E-state index in [1.54, 1.807) is 43.3 Å². The number of halogens is 1. The SMILES string of the molecule is COc1cccc(N(CC(=O)N(Cc2ccc(Br)cc2)C(C)C(=O)NC2CCCCC2)S(=O)(=O)c2ccc(C)cc2)c1. The topological polar surface area (TPSA) is 96.0 Å². The van der Waals surface area contributed by atoms with Gasteiger partial charge >= 0.3 is 0 Å². The fourth-order valence-corrected chi connectivity index (χ4v) is 6.74. The molecule has 10 heteroatoms. The summed E-state index contributed by atoms with van der Waals surface area (Å²) < 4.78 is 35.3. The van der Waals surface area contributed by atoms with Gasteiger partial charge in [0.1, 0.15) is 18.3 Å². The number of ether oxygens (including phenoxy) is 1. The third-order valence-electron chi connectivity index (χ3n) is 7.61. The second-order valence-corrected chi connectivity index (χ2v) is 13.5. The Hall–Kier alpha value is -3.37. The summed E-state index contributed by atoms with van der Waals surface area (Å²) in [6.45, 7) is 3.21. The number of rotatable bonds is 11. The maximum atomic E-state index is 14.1. The number of aryl methyl sites for hydroxylation is 1. The maximum absolute atomic E-state index is 14.1. The van der Waals surface area contributed by atoms with Gasteiger partial charge in [-0.25, -0.2) is 8.42 Å². The lowest BCUT2D eigenvalue weighted by Gasteiger charge is -2.33. The molecule has 1 aliphatic rings. The highest BCUT2D eigenvalue weighted by Gasteiger charge is 2.33. The van der Waals surface area contributed by atoms with Crippen molar-refractivity contribution in [3.63, 3.8) is 0 Å². The Balaban J connectivity index is 1.68. The van der Waals surface area contributed by atoms with Gasteiger partial charge in [0.2, 0.25) is 11.8 Å². The Bertz CT molecular complexity index is 1470. The molecular formula is C32H38BrN3O5S. The molecule has 2 amide bonds. The van der Waals surface area contributed by atoms with E-state index in [1.165, 1.54) is 24.1 Å². The van der Waals surface area contributed by atoms with Gasteiger partial charge in [-0.3, -0.25) is 13.9 Å². The van der Waals surface area contributed by atoms with Crippen LogP contribution in [0.15, 0.2) is 82.2 Å². The average Bonchev–Trinajstić information content (AvgIpc) is 2.99. The molecule has 42 heavy (non-hydrogen) atoms. The number of anilines is 1. The summed E-state index contributed by atoms with van der Waals surface area (Å²) in [5.41, 5.74) is 2.01. The van der Waals surface area contributed by atoms with Gasteiger partial charge < -0.3 is 15.0 Å². The number of carbonyl (C=O) groups is 2. The van der Waals surface area contributed by atoms with E-state index in [9.17, 15) is 18.0 Å². The normalized spacial score (nSPS) is 14.6. The Morgan fingerprint density at radius 2 is 1.67 bits per heavy atom. The fourth-order valence-electron chi connectivity index (χ4n) is 5.07. The maximum Gasteiger partial charge on any atom is 0.264 e. The third kappa shape index (κ3) is 7.92. The van der Waals surface area contributed by atoms with Gasteiger partial charge in [-0.1, -0.05) is 71.1 Å². The monoisotopic (exact) mass is 655 g/mol. The van der Waals surface area contributed by atoms with Crippen molar-refractivity contribution in [1.29, 1.82) is 0 Å². The van der Waals surface area contributed by atoms with E-state index in [4.69, 9.17) is 4.74 Å². The van der Waals surface area contributed by atoms with Crippen molar-refractivity contribution >= 4 is 43.5 Å². The summed E-state index contributed by atoms with van der Waals surface area (Å²) in [5.74, 6) is -0.291. The second kappa shape index (κ2) is 14.2. The van der Waals surface area contributed by atoms with Gasteiger partial charge in [0.25, 0.3) is 10.0 Å². The molecule has 1 fully saturated rings. The molecule has 0 radical (unpaired) electrons. The highest BCUT2D eigenvalue weighted by Crippen LogP contribution is 2.28. The standard InChI is InChI=1S/C32H38BrN3O5S/c1-23-12-18-30(19-13-23)42(39,40)36(28-10-7-11-29(20-28)41-3)22-31(37)35(21-25-14-16-26(33)17-15-25)24(2)32(38)34-27-8-5-4-6-9-27/h7,10-20,24,27H,4-6,8-9,21-22H2,1-3H3,(H,34,38). The Morgan fingerprint density at radius 3 is 2.31 bits per heavy atom. The zero-order valence-corrected chi connectivity index (χ0v) is 26.7. The lowest BCUT2D eigenvalue weighted by molar-refractivity contribution is -0.139. The number of amides is 2. The van der Waals surface area contributed by atoms with E-state index in [0.717, 1.165) is 52.0 Å². The molecule has 0 spiro atoms. The number of benzene rings is 3. The van der Waals surface area contributed by atoms with Gasteiger partial charge in [0, 0.05) is 23.1 Å². The number of nitrogens with zero attached hydrogens (tertiary/aromatic N) is 2. The van der Waals surface area contributed by atoms with Crippen LogP contribution in [0.2, 0.25) is 0 Å². The summed E-state index contributed by atoms with van der Waals surface area (Å²) in [4.78, 5) is 29.1. The van der Waals surface area contributed by atoms with E-state index in [2.05, 4.69) is 21.2 Å². The Labute approximate surface area is 257 Å². The Morgan fingerprint density at radius 1 is 1.00 bits per heavy atom. The molecule has 224 valence electrons. The molecule has 3 aromatic rings. The minimum absolute atomic E-state index is 0.0614. The van der Waals surface area contributed by atoms with Crippen molar-refractivity contribution in [2.75, 3.05) is 18.0 Å². The Kier molecular flexibility index (Phi) is 10.7. The molecule has 8 nitrogen and oxygen atoms in total. The van der Waals surface area contributed by atoms with Crippen LogP contribution >= 0.6 is 15.9 Å². The van der Waals surface area contributed by atoms with E-state index >= 15 is 0 Å². The van der Waals surface area contributed by atoms with Crippen LogP contribution in [-0.4, -0.2) is 50.9 Å². The molecule has 3 aromatic carbocycles. The first kappa shape index (κ1) is 31.6. The molecule has 0 aliphatic heterocycles. The van der Waals surface area contributed by atoms with E-state index in [0.29, 0.717) is 5.75 Å². The molecule has 1 N–H and O–H groups in total. The highest BCUT2D eigenvalue weighted by atomic mass is 79.9. The van der Waals surface area contributed by atoms with Crippen LogP contribution in [-0.2, 0) is 26.2 Å². The number of hydrogen-bond acceptors (Lipinski definition) is 5. The van der Waals surface area contributed by atoms with Gasteiger partial charge in [0.05, 0.1) is 17.7 Å². The fraction of sp³-hybridized carbons (Fsp3) is 0.375. The summed E-state index contributed by atoms with van der Waals surface area (Å²) in [6, 6.07) is 19.8. The highest BCUT2D eigenvalue weighted by molar-refractivity contribution is 9.10. The predicted octanol–water partition coefficient (Wildman–Crippen LogP) is 5.83. The summed E-state index contributed by atoms with van der Waals surface area (Å²) in [6.07, 6.45) is 5.11. The smallest absolute Gasteiger partial charge is 0.264 e. The van der Waals surface area contributed by atoms with Gasteiger partial charge in [-0.2, -0.15) is 0 Å². The molecule has 1 atom stereocenters. The van der Waals surface area contributed by atoms with Gasteiger partial charge in [-0.15, -0.1) is 0 Å². The third-order valence-corrected chi connectivity index (χ3v) is 9.93. The van der Waals surface area contributed by atoms with Gasteiger partial charge in [0.15, 0.2) is 0 Å². The molecule has 1 aliphatic carbocycles. The van der Waals surface area contributed by atoms with Crippen molar-refractivity contribution < 1.29 is 22.7 Å². The summed E-state index contributed by atoms with van der Waals surface area (Å²) >= 11 is 3.44. The molecule has 0 heterocycles. The first-order chi connectivity index (χ1) is 20.1. The van der Waals surface area contributed by atoms with Crippen molar-refractivity contribution in [2.24, 2.45) is 0 Å². The number of nitrogens with one attached hydrogen (secondary N) is 1. The largest absolute Gasteiger partial charge is 0.497 e. The zero-order chi connectivity index (χ0) is 30.3. The van der Waals surface area contributed by atoms with Gasteiger partial charge in [-0.05, 0) is 68.7 Å². The van der Waals surface area contributed by atoms with E-state index in [-0.39, 0.29) is 29.1 Å². The van der Waals surface area contributed by atoms with Crippen molar-refractivity contribution in [3.8, 4) is 5.75 Å². The van der Waals surface area contributed by atoms with Crippen LogP contribution in [0.1, 0.15) is 50.2 Å². The summed E-state index contributed by atoms with van der Waals surface area (Å²) in [5, 5.41) is 3.12. The number of sulfonamides is 1. The van der Waals surface area contributed by atoms with Crippen LogP contribution in [0.5, 0.6) is 5.75 Å². The van der Waals surface area contributed by atoms with Crippen LogP contribution in [0.25, 0.3) is 0 Å². The van der Waals surface area contributed by atoms with Crippen molar-refractivity contribution in [3.05, 3.63) is 88.4 Å². The van der Waals surface area contributed by atoms with Crippen LogP contribution in [0.3, 0.4) is 0 Å². The molecular weight excluding hydrogens is 618 g/mol. The minimum Gasteiger partial charge on any atom is -0.497 e. The average molecular weight is 657 g/mol.